The highest BCUT2D eigenvalue weighted by molar-refractivity contribution is 7.21. The van der Waals surface area contributed by atoms with Crippen molar-refractivity contribution in [1.82, 2.24) is 4.98 Å². The molecular weight excluding hydrogens is 308 g/mol. The zero-order chi connectivity index (χ0) is 16.8. The Morgan fingerprint density at radius 2 is 2.22 bits per heavy atom. The molecule has 1 atom stereocenters. The number of aryl methyl sites for hydroxylation is 1. The molecule has 1 aliphatic rings. The average Bonchev–Trinajstić information content (AvgIpc) is 2.80. The van der Waals surface area contributed by atoms with Gasteiger partial charge in [-0.15, -0.1) is 11.3 Å². The molecule has 5 heteroatoms. The van der Waals surface area contributed by atoms with Crippen LogP contribution in [-0.4, -0.2) is 17.6 Å². The van der Waals surface area contributed by atoms with Crippen molar-refractivity contribution in [1.29, 1.82) is 0 Å². The highest BCUT2D eigenvalue weighted by atomic mass is 32.1. The molecule has 0 saturated carbocycles. The lowest BCUT2D eigenvalue weighted by atomic mass is 9.71. The maximum Gasteiger partial charge on any atom is 0.350 e. The first-order valence-corrected chi connectivity index (χ1v) is 9.00. The summed E-state index contributed by atoms with van der Waals surface area (Å²) in [6.07, 6.45) is 3.20. The molecule has 0 fully saturated rings. The summed E-state index contributed by atoms with van der Waals surface area (Å²) < 4.78 is 5.09. The van der Waals surface area contributed by atoms with Crippen molar-refractivity contribution in [3.8, 4) is 0 Å². The second-order valence-corrected chi connectivity index (χ2v) is 8.32. The van der Waals surface area contributed by atoms with Gasteiger partial charge in [0.25, 0.3) is 0 Å². The number of pyridine rings is 1. The number of fused-ring (bicyclic) bond motifs is 2. The number of nitrogen functional groups attached to an aromatic ring is 1. The molecule has 1 aliphatic carbocycles. The molecule has 4 nitrogen and oxygen atoms in total. The molecule has 2 aromatic rings. The van der Waals surface area contributed by atoms with E-state index in [1.54, 1.807) is 6.92 Å². The number of hydrogen-bond acceptors (Lipinski definition) is 5. The van der Waals surface area contributed by atoms with Crippen LogP contribution in [0, 0.1) is 11.3 Å². The van der Waals surface area contributed by atoms with Gasteiger partial charge >= 0.3 is 5.97 Å². The van der Waals surface area contributed by atoms with E-state index < -0.39 is 0 Å². The van der Waals surface area contributed by atoms with Crippen LogP contribution in [0.1, 0.15) is 55.0 Å². The number of thiophene rings is 1. The topological polar surface area (TPSA) is 65.2 Å². The Morgan fingerprint density at radius 3 is 2.87 bits per heavy atom. The van der Waals surface area contributed by atoms with Crippen LogP contribution in [0.15, 0.2) is 6.07 Å². The first-order chi connectivity index (χ1) is 10.8. The summed E-state index contributed by atoms with van der Waals surface area (Å²) in [6.45, 7) is 9.04. The predicted molar refractivity (Wildman–Crippen MR) is 95.0 cm³/mol. The Hall–Kier alpha value is -1.62. The summed E-state index contributed by atoms with van der Waals surface area (Å²) in [5, 5.41) is 0.895. The van der Waals surface area contributed by atoms with Crippen molar-refractivity contribution >= 4 is 33.2 Å². The molecule has 0 aromatic carbocycles. The number of rotatable bonds is 2. The molecule has 2 heterocycles. The minimum absolute atomic E-state index is 0.295. The van der Waals surface area contributed by atoms with Crippen molar-refractivity contribution in [2.24, 2.45) is 11.3 Å². The lowest BCUT2D eigenvalue weighted by Gasteiger charge is -2.34. The molecule has 0 amide bonds. The summed E-state index contributed by atoms with van der Waals surface area (Å²) in [5.41, 5.74) is 9.44. The van der Waals surface area contributed by atoms with Gasteiger partial charge in [0.15, 0.2) is 0 Å². The van der Waals surface area contributed by atoms with E-state index >= 15 is 0 Å². The number of anilines is 1. The van der Waals surface area contributed by atoms with Crippen LogP contribution >= 0.6 is 11.3 Å². The van der Waals surface area contributed by atoms with E-state index in [-0.39, 0.29) is 5.97 Å². The fraction of sp³-hybridized carbons (Fsp3) is 0.556. The normalized spacial score (nSPS) is 18.0. The second-order valence-electron chi connectivity index (χ2n) is 7.32. The third kappa shape index (κ3) is 2.94. The Balaban J connectivity index is 2.02. The van der Waals surface area contributed by atoms with Crippen LogP contribution in [0.25, 0.3) is 10.2 Å². The third-order valence-corrected chi connectivity index (χ3v) is 5.87. The minimum Gasteiger partial charge on any atom is -0.462 e. The monoisotopic (exact) mass is 332 g/mol. The van der Waals surface area contributed by atoms with Gasteiger partial charge in [-0.05, 0) is 49.1 Å². The van der Waals surface area contributed by atoms with E-state index in [1.165, 1.54) is 23.3 Å². The van der Waals surface area contributed by atoms with Gasteiger partial charge < -0.3 is 10.5 Å². The number of carbonyl (C=O) groups is 1. The molecule has 2 aromatic heterocycles. The van der Waals surface area contributed by atoms with E-state index in [0.29, 0.717) is 28.5 Å². The zero-order valence-corrected chi connectivity index (χ0v) is 15.0. The summed E-state index contributed by atoms with van der Waals surface area (Å²) in [5.74, 6) is 0.303. The van der Waals surface area contributed by atoms with Gasteiger partial charge in [0, 0.05) is 11.1 Å². The molecule has 0 bridgehead atoms. The van der Waals surface area contributed by atoms with Crippen molar-refractivity contribution in [3.05, 3.63) is 22.2 Å². The Morgan fingerprint density at radius 1 is 1.48 bits per heavy atom. The van der Waals surface area contributed by atoms with E-state index in [1.807, 2.05) is 0 Å². The Bertz CT molecular complexity index is 758. The predicted octanol–water partition coefficient (Wildman–Crippen LogP) is 4.21. The largest absolute Gasteiger partial charge is 0.462 e. The van der Waals surface area contributed by atoms with Crippen LogP contribution in [0.4, 0.5) is 5.69 Å². The molecule has 0 aliphatic heterocycles. The molecule has 124 valence electrons. The number of hydrogen-bond donors (Lipinski definition) is 1. The lowest BCUT2D eigenvalue weighted by molar-refractivity contribution is 0.0533. The second kappa shape index (κ2) is 5.78. The van der Waals surface area contributed by atoms with Crippen molar-refractivity contribution < 1.29 is 9.53 Å². The SMILES string of the molecule is CCOC(=O)c1sc2nc3c(cc2c1N)CC(C(C)(C)C)CC3. The van der Waals surface area contributed by atoms with Crippen LogP contribution < -0.4 is 5.73 Å². The van der Waals surface area contributed by atoms with Crippen molar-refractivity contribution in [2.75, 3.05) is 12.3 Å². The molecule has 0 radical (unpaired) electrons. The molecule has 1 unspecified atom stereocenters. The Labute approximate surface area is 141 Å². The van der Waals surface area contributed by atoms with Gasteiger partial charge in [-0.1, -0.05) is 20.8 Å². The van der Waals surface area contributed by atoms with E-state index in [9.17, 15) is 4.79 Å². The molecular formula is C18H24N2O2S. The zero-order valence-electron chi connectivity index (χ0n) is 14.2. The van der Waals surface area contributed by atoms with Crippen LogP contribution in [0.2, 0.25) is 0 Å². The molecule has 2 N–H and O–H groups in total. The third-order valence-electron chi connectivity index (χ3n) is 4.77. The average molecular weight is 332 g/mol. The fourth-order valence-electron chi connectivity index (χ4n) is 3.28. The van der Waals surface area contributed by atoms with E-state index in [4.69, 9.17) is 15.5 Å². The molecule has 0 saturated heterocycles. The maximum absolute atomic E-state index is 12.0. The quantitative estimate of drug-likeness (QED) is 0.837. The van der Waals surface area contributed by atoms with Gasteiger partial charge in [0.05, 0.1) is 12.3 Å². The number of ether oxygens (including phenoxy) is 1. The minimum atomic E-state index is -0.349. The van der Waals surface area contributed by atoms with Gasteiger partial charge in [-0.3, -0.25) is 0 Å². The summed E-state index contributed by atoms with van der Waals surface area (Å²) in [4.78, 5) is 18.1. The van der Waals surface area contributed by atoms with Gasteiger partial charge in [0.1, 0.15) is 9.71 Å². The number of aromatic nitrogens is 1. The standard InChI is InChI=1S/C18H24N2O2S/c1-5-22-17(21)15-14(19)12-9-10-8-11(18(2,3)4)6-7-13(10)20-16(12)23-15/h9,11H,5-8,19H2,1-4H3. The number of nitrogens with two attached hydrogens (primary N) is 1. The van der Waals surface area contributed by atoms with Gasteiger partial charge in [-0.25, -0.2) is 9.78 Å². The smallest absolute Gasteiger partial charge is 0.350 e. The lowest BCUT2D eigenvalue weighted by Crippen LogP contribution is -2.27. The van der Waals surface area contributed by atoms with Crippen LogP contribution in [0.3, 0.4) is 0 Å². The molecule has 3 rings (SSSR count). The van der Waals surface area contributed by atoms with Gasteiger partial charge in [0.2, 0.25) is 0 Å². The number of esters is 1. The number of carbonyl (C=O) groups excluding carboxylic acids is 1. The van der Waals surface area contributed by atoms with Crippen molar-refractivity contribution in [3.63, 3.8) is 0 Å². The molecule has 23 heavy (non-hydrogen) atoms. The highest BCUT2D eigenvalue weighted by Gasteiger charge is 2.30. The summed E-state index contributed by atoms with van der Waals surface area (Å²) >= 11 is 1.34. The highest BCUT2D eigenvalue weighted by Crippen LogP contribution is 2.40. The Kier molecular flexibility index (Phi) is 4.08. The number of nitrogens with zero attached hydrogens (tertiary/aromatic N) is 1. The summed E-state index contributed by atoms with van der Waals surface area (Å²) in [7, 11) is 0. The van der Waals surface area contributed by atoms with Gasteiger partial charge in [-0.2, -0.15) is 0 Å². The van der Waals surface area contributed by atoms with Crippen LogP contribution in [0.5, 0.6) is 0 Å². The molecule has 0 spiro atoms. The summed E-state index contributed by atoms with van der Waals surface area (Å²) in [6, 6.07) is 2.14. The first-order valence-electron chi connectivity index (χ1n) is 8.19. The van der Waals surface area contributed by atoms with E-state index in [0.717, 1.165) is 28.8 Å². The first kappa shape index (κ1) is 16.2. The van der Waals surface area contributed by atoms with Crippen molar-refractivity contribution in [2.45, 2.75) is 47.0 Å². The fourth-order valence-corrected chi connectivity index (χ4v) is 4.27. The van der Waals surface area contributed by atoms with Crippen LogP contribution in [-0.2, 0) is 17.6 Å². The maximum atomic E-state index is 12.0. The van der Waals surface area contributed by atoms with E-state index in [2.05, 4.69) is 26.8 Å².